The Hall–Kier alpha value is -1.58. The number of amides is 1. The average Bonchev–Trinajstić information content (AvgIpc) is 2.42. The zero-order valence-electron chi connectivity index (χ0n) is 12.0. The average molecular weight is 260 g/mol. The van der Waals surface area contributed by atoms with E-state index in [1.54, 1.807) is 6.92 Å². The molecule has 2 bridgehead atoms. The number of nitrogens with zero attached hydrogens (tertiary/aromatic N) is 1. The molecule has 3 fully saturated rings. The topological polar surface area (TPSA) is 51.1 Å². The fourth-order valence-corrected chi connectivity index (χ4v) is 3.75. The molecule has 4 rings (SSSR count). The molecule has 1 N–H and O–H groups in total. The minimum atomic E-state index is -0.0174. The second kappa shape index (κ2) is 3.71. The van der Waals surface area contributed by atoms with Gasteiger partial charge in [0.25, 0.3) is 5.91 Å². The van der Waals surface area contributed by atoms with Crippen LogP contribution in [0.2, 0.25) is 0 Å². The lowest BCUT2D eigenvalue weighted by atomic mass is 9.50. The number of Topliss-reactive ketones (excluding diaryl/α,β-unsaturated/α-hetero) is 1. The van der Waals surface area contributed by atoms with Gasteiger partial charge in [0.1, 0.15) is 0 Å². The Morgan fingerprint density at radius 2 is 1.84 bits per heavy atom. The van der Waals surface area contributed by atoms with E-state index < -0.39 is 0 Å². The predicted octanol–water partition coefficient (Wildman–Crippen LogP) is 2.13. The van der Waals surface area contributed by atoms with E-state index in [9.17, 15) is 9.59 Å². The van der Waals surface area contributed by atoms with E-state index in [1.165, 1.54) is 0 Å². The normalized spacial score (nSPS) is 27.5. The van der Waals surface area contributed by atoms with Crippen molar-refractivity contribution >= 4 is 11.7 Å². The number of ketones is 1. The largest absolute Gasteiger partial charge is 0.347 e. The maximum atomic E-state index is 12.5. The van der Waals surface area contributed by atoms with Crippen molar-refractivity contribution in [3.63, 3.8) is 0 Å². The Bertz CT molecular complexity index is 581. The minimum Gasteiger partial charge on any atom is -0.347 e. The van der Waals surface area contributed by atoms with E-state index >= 15 is 0 Å². The fraction of sp³-hybridized carbons (Fsp3) is 0.600. The molecule has 1 amide bonds. The van der Waals surface area contributed by atoms with Crippen LogP contribution < -0.4 is 5.32 Å². The molecule has 1 aromatic rings. The van der Waals surface area contributed by atoms with Gasteiger partial charge in [-0.2, -0.15) is 0 Å². The van der Waals surface area contributed by atoms with Crippen molar-refractivity contribution in [3.8, 4) is 0 Å². The van der Waals surface area contributed by atoms with E-state index in [2.05, 4.69) is 5.32 Å². The zero-order valence-corrected chi connectivity index (χ0v) is 12.0. The van der Waals surface area contributed by atoms with E-state index in [0.29, 0.717) is 11.3 Å². The maximum absolute atomic E-state index is 12.5. The first-order chi connectivity index (χ1) is 8.84. The molecule has 1 aromatic heterocycles. The van der Waals surface area contributed by atoms with Gasteiger partial charge in [-0.1, -0.05) is 0 Å². The van der Waals surface area contributed by atoms with Crippen molar-refractivity contribution < 1.29 is 9.59 Å². The molecule has 4 heteroatoms. The summed E-state index contributed by atoms with van der Waals surface area (Å²) >= 11 is 0. The monoisotopic (exact) mass is 260 g/mol. The van der Waals surface area contributed by atoms with Gasteiger partial charge < -0.3 is 9.88 Å². The van der Waals surface area contributed by atoms with Gasteiger partial charge in [0.2, 0.25) is 0 Å². The summed E-state index contributed by atoms with van der Waals surface area (Å²) in [5.74, 6) is 0.829. The highest BCUT2D eigenvalue weighted by atomic mass is 16.2. The molecule has 0 aliphatic heterocycles. The fourth-order valence-electron chi connectivity index (χ4n) is 3.75. The smallest absolute Gasteiger partial charge is 0.253 e. The molecule has 3 aliphatic rings. The zero-order chi connectivity index (χ0) is 13.9. The predicted molar refractivity (Wildman–Crippen MR) is 72.4 cm³/mol. The Morgan fingerprint density at radius 1 is 1.26 bits per heavy atom. The van der Waals surface area contributed by atoms with Crippen LogP contribution in [0.15, 0.2) is 0 Å². The quantitative estimate of drug-likeness (QED) is 0.846. The molecule has 102 valence electrons. The summed E-state index contributed by atoms with van der Waals surface area (Å²) in [5.41, 5.74) is 3.06. The Kier molecular flexibility index (Phi) is 2.43. The molecule has 0 atom stereocenters. The summed E-state index contributed by atoms with van der Waals surface area (Å²) in [4.78, 5) is 24.2. The molecule has 0 aromatic carbocycles. The molecular formula is C15H20N2O2. The van der Waals surface area contributed by atoms with Crippen LogP contribution in [-0.2, 0) is 7.05 Å². The lowest BCUT2D eigenvalue weighted by Crippen LogP contribution is -2.68. The van der Waals surface area contributed by atoms with Gasteiger partial charge in [0.05, 0.1) is 11.3 Å². The van der Waals surface area contributed by atoms with Gasteiger partial charge in [-0.15, -0.1) is 0 Å². The number of rotatable bonds is 3. The maximum Gasteiger partial charge on any atom is 0.253 e. The van der Waals surface area contributed by atoms with Crippen molar-refractivity contribution in [3.05, 3.63) is 22.5 Å². The highest BCUT2D eigenvalue weighted by molar-refractivity contribution is 6.03. The van der Waals surface area contributed by atoms with Crippen LogP contribution in [0.5, 0.6) is 0 Å². The van der Waals surface area contributed by atoms with Crippen LogP contribution in [-0.4, -0.2) is 21.8 Å². The Balaban J connectivity index is 1.93. The highest BCUT2D eigenvalue weighted by Crippen LogP contribution is 2.57. The number of nitrogens with one attached hydrogen (secondary N) is 1. The van der Waals surface area contributed by atoms with E-state index in [0.717, 1.165) is 36.4 Å². The molecule has 0 spiro atoms. The van der Waals surface area contributed by atoms with E-state index in [4.69, 9.17) is 0 Å². The number of carbonyl (C=O) groups is 2. The van der Waals surface area contributed by atoms with Crippen LogP contribution >= 0.6 is 0 Å². The third kappa shape index (κ3) is 1.58. The van der Waals surface area contributed by atoms with Gasteiger partial charge in [0.15, 0.2) is 5.78 Å². The second-order valence-electron chi connectivity index (χ2n) is 6.26. The van der Waals surface area contributed by atoms with Crippen LogP contribution in [0.4, 0.5) is 0 Å². The molecule has 4 nitrogen and oxygen atoms in total. The summed E-state index contributed by atoms with van der Waals surface area (Å²) in [5, 5.41) is 3.17. The molecule has 19 heavy (non-hydrogen) atoms. The van der Waals surface area contributed by atoms with Crippen LogP contribution in [0.3, 0.4) is 0 Å². The third-order valence-corrected chi connectivity index (χ3v) is 4.91. The van der Waals surface area contributed by atoms with Crippen LogP contribution in [0.1, 0.15) is 58.3 Å². The molecule has 3 saturated carbocycles. The van der Waals surface area contributed by atoms with Gasteiger partial charge in [-0.25, -0.2) is 0 Å². The summed E-state index contributed by atoms with van der Waals surface area (Å²) in [7, 11) is 1.84. The summed E-state index contributed by atoms with van der Waals surface area (Å²) < 4.78 is 1.83. The highest BCUT2D eigenvalue weighted by Gasteiger charge is 2.57. The number of hydrogen-bond acceptors (Lipinski definition) is 2. The van der Waals surface area contributed by atoms with Gasteiger partial charge in [-0.3, -0.25) is 9.59 Å². The second-order valence-corrected chi connectivity index (χ2v) is 6.26. The van der Waals surface area contributed by atoms with Crippen molar-refractivity contribution in [2.45, 2.75) is 45.6 Å². The van der Waals surface area contributed by atoms with Gasteiger partial charge >= 0.3 is 0 Å². The van der Waals surface area contributed by atoms with E-state index in [1.807, 2.05) is 25.5 Å². The molecular weight excluding hydrogens is 240 g/mol. The lowest BCUT2D eigenvalue weighted by molar-refractivity contribution is -0.0438. The first-order valence-corrected chi connectivity index (χ1v) is 6.84. The van der Waals surface area contributed by atoms with Crippen LogP contribution in [0.25, 0.3) is 0 Å². The Morgan fingerprint density at radius 3 is 2.21 bits per heavy atom. The minimum absolute atomic E-state index is 0.00710. The first-order valence-electron chi connectivity index (χ1n) is 6.84. The number of hydrogen-bond donors (Lipinski definition) is 1. The van der Waals surface area contributed by atoms with Crippen molar-refractivity contribution in [2.24, 2.45) is 13.0 Å². The number of carbonyl (C=O) groups excluding carboxylic acids is 2. The standard InChI is InChI=1S/C15H20N2O2/c1-8-12(9(2)17(4)13(8)10(3)18)14(19)16-15-5-11(6-15)7-15/h11H,5-7H2,1-4H3,(H,16,19). The van der Waals surface area contributed by atoms with Crippen molar-refractivity contribution in [1.29, 1.82) is 0 Å². The SMILES string of the molecule is CC(=O)c1c(C)c(C(=O)NC23CC(C2)C3)c(C)n1C. The Labute approximate surface area is 113 Å². The molecule has 1 heterocycles. The first kappa shape index (κ1) is 12.5. The summed E-state index contributed by atoms with van der Waals surface area (Å²) in [6.07, 6.45) is 3.38. The number of aromatic nitrogens is 1. The van der Waals surface area contributed by atoms with Crippen LogP contribution in [0, 0.1) is 19.8 Å². The molecule has 0 unspecified atom stereocenters. The summed E-state index contributed by atoms with van der Waals surface area (Å²) in [6, 6.07) is 0. The van der Waals surface area contributed by atoms with Crippen molar-refractivity contribution in [1.82, 2.24) is 9.88 Å². The summed E-state index contributed by atoms with van der Waals surface area (Å²) in [6.45, 7) is 5.31. The van der Waals surface area contributed by atoms with Gasteiger partial charge in [-0.05, 0) is 44.6 Å². The lowest BCUT2D eigenvalue weighted by Gasteiger charge is -2.61. The van der Waals surface area contributed by atoms with Crippen molar-refractivity contribution in [2.75, 3.05) is 0 Å². The van der Waals surface area contributed by atoms with Gasteiger partial charge in [0, 0.05) is 25.2 Å². The van der Waals surface area contributed by atoms with E-state index in [-0.39, 0.29) is 17.2 Å². The third-order valence-electron chi connectivity index (χ3n) is 4.91. The molecule has 3 aliphatic carbocycles. The molecule has 0 saturated heterocycles. The molecule has 0 radical (unpaired) electrons.